The number of ether oxygens (including phenoxy) is 3. The Morgan fingerprint density at radius 3 is 2.21 bits per heavy atom. The van der Waals surface area contributed by atoms with Gasteiger partial charge in [-0.05, 0) is 13.0 Å². The van der Waals surface area contributed by atoms with Crippen molar-refractivity contribution in [1.29, 1.82) is 0 Å². The van der Waals surface area contributed by atoms with Gasteiger partial charge in [0, 0.05) is 35.3 Å². The largest absolute Gasteiger partial charge is 0.449 e. The van der Waals surface area contributed by atoms with Crippen LogP contribution in [-0.4, -0.2) is 58.5 Å². The molecule has 0 amide bonds. The molecule has 0 unspecified atom stereocenters. The second-order valence-electron chi connectivity index (χ2n) is 6.41. The fraction of sp³-hybridized carbons (Fsp3) is 0.600. The zero-order chi connectivity index (χ0) is 26.3. The van der Waals surface area contributed by atoms with Gasteiger partial charge >= 0.3 is 21.4 Å². The first kappa shape index (κ1) is 28.8. The summed E-state index contributed by atoms with van der Waals surface area (Å²) in [7, 11) is -6.79. The maximum Gasteiger partial charge on any atom is 0.449 e. The van der Waals surface area contributed by atoms with Gasteiger partial charge in [0.25, 0.3) is 15.7 Å². The molecule has 1 aliphatic rings. The molecule has 0 aliphatic carbocycles. The van der Waals surface area contributed by atoms with E-state index in [2.05, 4.69) is 4.74 Å². The highest BCUT2D eigenvalue weighted by Crippen LogP contribution is 2.51. The Bertz CT molecular complexity index is 1020. The summed E-state index contributed by atoms with van der Waals surface area (Å²) in [6.07, 6.45) is -17.0. The van der Waals surface area contributed by atoms with Gasteiger partial charge in [0.05, 0.1) is 17.0 Å². The van der Waals surface area contributed by atoms with E-state index in [0.29, 0.717) is 0 Å². The number of rotatable bonds is 10. The minimum atomic E-state index is -6.79. The first-order valence-corrected chi connectivity index (χ1v) is 11.2. The monoisotopic (exact) mass is 644 g/mol. The zero-order valence-electron chi connectivity index (χ0n) is 16.4. The smallest absolute Gasteiger partial charge is 0.351 e. The summed E-state index contributed by atoms with van der Waals surface area (Å²) in [6.45, 7) is -0.102. The molecule has 194 valence electrons. The van der Waals surface area contributed by atoms with Crippen LogP contribution in [0.1, 0.15) is 18.7 Å². The SMILES string of the molecule is CCO[C@H]1CN(S(=O)(=O)C(F)(F)C(F)(F)OC(F)(F)C(F)(F)I)[C@@H](c2ccccc2[N+](=O)[O-])O1. The van der Waals surface area contributed by atoms with Crippen LogP contribution in [0.15, 0.2) is 24.3 Å². The molecule has 34 heavy (non-hydrogen) atoms. The molecular weight excluding hydrogens is 631 g/mol. The molecule has 2 rings (SSSR count). The number of hydrogen-bond acceptors (Lipinski definition) is 7. The second-order valence-corrected chi connectivity index (χ2v) is 9.70. The normalized spacial score (nSPS) is 21.1. The molecule has 9 nitrogen and oxygen atoms in total. The molecule has 0 saturated carbocycles. The average Bonchev–Trinajstić information content (AvgIpc) is 3.11. The Balaban J connectivity index is 2.57. The van der Waals surface area contributed by atoms with E-state index in [9.17, 15) is 53.7 Å². The van der Waals surface area contributed by atoms with Gasteiger partial charge in [-0.2, -0.15) is 39.4 Å². The van der Waals surface area contributed by atoms with Crippen LogP contribution >= 0.6 is 22.6 Å². The molecule has 1 heterocycles. The van der Waals surface area contributed by atoms with E-state index in [1.165, 1.54) is 6.92 Å². The number of halogens is 9. The Kier molecular flexibility index (Phi) is 8.10. The van der Waals surface area contributed by atoms with Crippen LogP contribution in [0.25, 0.3) is 0 Å². The Morgan fingerprint density at radius 1 is 1.15 bits per heavy atom. The fourth-order valence-electron chi connectivity index (χ4n) is 2.67. The van der Waals surface area contributed by atoms with Crippen molar-refractivity contribution in [1.82, 2.24) is 4.31 Å². The highest BCUT2D eigenvalue weighted by Gasteiger charge is 2.75. The van der Waals surface area contributed by atoms with Gasteiger partial charge < -0.3 is 9.47 Å². The predicted molar refractivity (Wildman–Crippen MR) is 103 cm³/mol. The summed E-state index contributed by atoms with van der Waals surface area (Å²) in [5, 5.41) is 4.68. The molecule has 0 aromatic heterocycles. The van der Waals surface area contributed by atoms with Gasteiger partial charge in [0.1, 0.15) is 0 Å². The van der Waals surface area contributed by atoms with Crippen molar-refractivity contribution in [2.24, 2.45) is 0 Å². The van der Waals surface area contributed by atoms with E-state index in [-0.39, 0.29) is 29.2 Å². The lowest BCUT2D eigenvalue weighted by molar-refractivity contribution is -0.438. The number of nitro groups is 1. The van der Waals surface area contributed by atoms with Gasteiger partial charge in [-0.3, -0.25) is 10.1 Å². The van der Waals surface area contributed by atoms with E-state index in [4.69, 9.17) is 9.47 Å². The molecule has 1 aliphatic heterocycles. The van der Waals surface area contributed by atoms with Crippen molar-refractivity contribution in [3.63, 3.8) is 0 Å². The zero-order valence-corrected chi connectivity index (χ0v) is 19.4. The summed E-state index contributed by atoms with van der Waals surface area (Å²) in [4.78, 5) is 10.2. The molecule has 1 fully saturated rings. The second kappa shape index (κ2) is 9.56. The summed E-state index contributed by atoms with van der Waals surface area (Å²) in [6, 6.07) is 3.88. The molecule has 1 saturated heterocycles. The highest BCUT2D eigenvalue weighted by molar-refractivity contribution is 14.1. The van der Waals surface area contributed by atoms with Crippen LogP contribution in [0.4, 0.5) is 40.8 Å². The molecule has 1 aromatic carbocycles. The maximum absolute atomic E-state index is 14.5. The van der Waals surface area contributed by atoms with Crippen molar-refractivity contribution >= 4 is 38.3 Å². The van der Waals surface area contributed by atoms with Gasteiger partial charge in [-0.25, -0.2) is 13.2 Å². The van der Waals surface area contributed by atoms with E-state index >= 15 is 0 Å². The van der Waals surface area contributed by atoms with E-state index in [0.717, 1.165) is 24.3 Å². The standard InChI is InChI=1S/C15H13F8IN2O7S/c1-2-31-10-7-25(11(32-10)8-5-3-4-6-9(8)26(27)28)34(29,30)15(22,23)14(20,21)33-13(18,19)12(16,17)24/h3-6,10-11H,2,7H2,1H3/t10-,11-/m1/s1. The Labute approximate surface area is 199 Å². The molecule has 0 radical (unpaired) electrons. The van der Waals surface area contributed by atoms with Crippen molar-refractivity contribution in [2.45, 2.75) is 40.8 Å². The lowest BCUT2D eigenvalue weighted by Gasteiger charge is -2.33. The van der Waals surface area contributed by atoms with E-state index in [1.807, 2.05) is 0 Å². The molecular formula is C15H13F8IN2O7S. The van der Waals surface area contributed by atoms with Crippen LogP contribution in [0.5, 0.6) is 0 Å². The van der Waals surface area contributed by atoms with E-state index in [1.54, 1.807) is 0 Å². The van der Waals surface area contributed by atoms with Crippen molar-refractivity contribution in [2.75, 3.05) is 13.2 Å². The number of para-hydroxylation sites is 1. The number of alkyl halides is 9. The van der Waals surface area contributed by atoms with E-state index < -0.39 is 71.0 Å². The number of nitrogens with zero attached hydrogens (tertiary/aromatic N) is 2. The van der Waals surface area contributed by atoms with Crippen LogP contribution in [-0.2, 0) is 24.2 Å². The van der Waals surface area contributed by atoms with Gasteiger partial charge in [-0.1, -0.05) is 12.1 Å². The van der Waals surface area contributed by atoms with Gasteiger partial charge in [0.2, 0.25) is 0 Å². The molecule has 19 heteroatoms. The molecule has 0 N–H and O–H groups in total. The summed E-state index contributed by atoms with van der Waals surface area (Å²) in [5.74, 6) is 0. The molecule has 2 atom stereocenters. The quantitative estimate of drug-likeness (QED) is 0.122. The summed E-state index contributed by atoms with van der Waals surface area (Å²) >= 11 is -0.368. The fourth-order valence-corrected chi connectivity index (χ4v) is 4.15. The minimum absolute atomic E-state index is 0.214. The van der Waals surface area contributed by atoms with Crippen LogP contribution in [0.2, 0.25) is 0 Å². The third-order valence-electron chi connectivity index (χ3n) is 4.18. The Hall–Kier alpha value is -1.42. The van der Waals surface area contributed by atoms with Crippen LogP contribution < -0.4 is 0 Å². The summed E-state index contributed by atoms with van der Waals surface area (Å²) < 4.78 is 141. The van der Waals surface area contributed by atoms with Crippen molar-refractivity contribution < 1.29 is 62.7 Å². The maximum atomic E-state index is 14.5. The summed E-state index contributed by atoms with van der Waals surface area (Å²) in [5.41, 5.74) is -1.56. The highest BCUT2D eigenvalue weighted by atomic mass is 127. The minimum Gasteiger partial charge on any atom is -0.351 e. The van der Waals surface area contributed by atoms with Gasteiger partial charge in [-0.15, -0.1) is 0 Å². The third kappa shape index (κ3) is 5.22. The lowest BCUT2D eigenvalue weighted by atomic mass is 10.1. The topological polar surface area (TPSA) is 108 Å². The molecule has 0 spiro atoms. The predicted octanol–water partition coefficient (Wildman–Crippen LogP) is 4.44. The van der Waals surface area contributed by atoms with Crippen molar-refractivity contribution in [3.8, 4) is 0 Å². The number of hydrogen-bond donors (Lipinski definition) is 0. The first-order valence-electron chi connectivity index (χ1n) is 8.72. The number of nitro benzene ring substituents is 1. The molecule has 0 bridgehead atoms. The van der Waals surface area contributed by atoms with Crippen molar-refractivity contribution in [3.05, 3.63) is 39.9 Å². The lowest BCUT2D eigenvalue weighted by Crippen LogP contribution is -2.58. The third-order valence-corrected chi connectivity index (χ3v) is 6.65. The first-order chi connectivity index (χ1) is 15.3. The number of sulfonamides is 1. The number of benzene rings is 1. The van der Waals surface area contributed by atoms with Crippen LogP contribution in [0.3, 0.4) is 0 Å². The molecule has 1 aromatic rings. The van der Waals surface area contributed by atoms with Gasteiger partial charge in [0.15, 0.2) is 12.5 Å². The Morgan fingerprint density at radius 2 is 1.71 bits per heavy atom. The van der Waals surface area contributed by atoms with Crippen LogP contribution in [0, 0.1) is 10.1 Å². The average molecular weight is 644 g/mol.